The van der Waals surface area contributed by atoms with Gasteiger partial charge >= 0.3 is 7.12 Å². The number of hydrogen-bond donors (Lipinski definition) is 2. The molecule has 200 valence electrons. The number of hydrogen-bond acceptors (Lipinski definition) is 4. The van der Waals surface area contributed by atoms with Crippen LogP contribution in [0.1, 0.15) is 11.1 Å². The predicted octanol–water partition coefficient (Wildman–Crippen LogP) is 7.61. The maximum atomic E-state index is 13.8. The Bertz CT molecular complexity index is 1350. The lowest BCUT2D eigenvalue weighted by Crippen LogP contribution is -2.32. The molecule has 0 amide bonds. The fourth-order valence-electron chi connectivity index (χ4n) is 3.38. The monoisotopic (exact) mass is 712 g/mol. The average molecular weight is 715 g/mol. The third kappa shape index (κ3) is 8.91. The minimum atomic E-state index is -1.72. The van der Waals surface area contributed by atoms with Crippen molar-refractivity contribution in [3.63, 3.8) is 0 Å². The number of aryl methyl sites for hydroxylation is 2. The zero-order valence-corrected chi connectivity index (χ0v) is 25.9. The first kappa shape index (κ1) is 32.0. The summed E-state index contributed by atoms with van der Waals surface area (Å²) in [5.41, 5.74) is 3.47. The van der Waals surface area contributed by atoms with Gasteiger partial charge in [-0.05, 0) is 109 Å². The second kappa shape index (κ2) is 15.4. The molecule has 0 bridgehead atoms. The smallest absolute Gasteiger partial charge is 0.491 e. The number of methoxy groups -OCH3 is 2. The lowest BCUT2D eigenvalue weighted by Gasteiger charge is -2.12. The van der Waals surface area contributed by atoms with E-state index in [1.807, 2.05) is 44.2 Å². The van der Waals surface area contributed by atoms with Gasteiger partial charge in [-0.1, -0.05) is 36.4 Å². The molecule has 0 spiro atoms. The fraction of sp³-hybridized carbons (Fsp3) is 0.143. The summed E-state index contributed by atoms with van der Waals surface area (Å²) in [6.07, 6.45) is 0. The molecular formula is C28H26BBr3F2O4. The van der Waals surface area contributed by atoms with Gasteiger partial charge in [-0.25, -0.2) is 8.78 Å². The molecule has 4 rings (SSSR count). The van der Waals surface area contributed by atoms with Gasteiger partial charge in [0.15, 0.2) is 0 Å². The maximum Gasteiger partial charge on any atom is 0.491 e. The molecule has 10 heteroatoms. The van der Waals surface area contributed by atoms with Gasteiger partial charge in [0, 0.05) is 16.6 Å². The predicted molar refractivity (Wildman–Crippen MR) is 160 cm³/mol. The molecule has 0 saturated carbocycles. The first-order chi connectivity index (χ1) is 18.0. The summed E-state index contributed by atoms with van der Waals surface area (Å²) in [6, 6.07) is 20.1. The quantitative estimate of drug-likeness (QED) is 0.214. The Morgan fingerprint density at radius 2 is 1.08 bits per heavy atom. The number of halogens is 5. The highest BCUT2D eigenvalue weighted by molar-refractivity contribution is 9.11. The largest absolute Gasteiger partial charge is 0.495 e. The Labute approximate surface area is 247 Å². The van der Waals surface area contributed by atoms with Crippen molar-refractivity contribution in [1.29, 1.82) is 0 Å². The third-order valence-electron chi connectivity index (χ3n) is 5.09. The van der Waals surface area contributed by atoms with Crippen LogP contribution >= 0.6 is 47.8 Å². The molecular weight excluding hydrogens is 689 g/mol. The van der Waals surface area contributed by atoms with Gasteiger partial charge in [0.1, 0.15) is 23.1 Å². The lowest BCUT2D eigenvalue weighted by atomic mass is 9.80. The second-order valence-electron chi connectivity index (χ2n) is 7.96. The molecule has 0 atom stereocenters. The SMILES string of the molecule is COc1c(Br)cc(C)cc1-c1ccccc1F.COc1c(Br)cc(C)cc1Br.OB(O)c1ccccc1F. The van der Waals surface area contributed by atoms with Crippen molar-refractivity contribution in [3.05, 3.63) is 109 Å². The third-order valence-corrected chi connectivity index (χ3v) is 6.85. The topological polar surface area (TPSA) is 58.9 Å². The van der Waals surface area contributed by atoms with Crippen molar-refractivity contribution in [1.82, 2.24) is 0 Å². The van der Waals surface area contributed by atoms with Crippen LogP contribution in [0.5, 0.6) is 11.5 Å². The summed E-state index contributed by atoms with van der Waals surface area (Å²) in [7, 11) is 1.51. The van der Waals surface area contributed by atoms with E-state index >= 15 is 0 Å². The van der Waals surface area contributed by atoms with Crippen LogP contribution in [0.25, 0.3) is 11.1 Å². The van der Waals surface area contributed by atoms with Gasteiger partial charge in [0.25, 0.3) is 0 Å². The summed E-state index contributed by atoms with van der Waals surface area (Å²) in [5, 5.41) is 17.0. The van der Waals surface area contributed by atoms with Gasteiger partial charge in [-0.15, -0.1) is 0 Å². The molecule has 0 aliphatic carbocycles. The van der Waals surface area contributed by atoms with Gasteiger partial charge in [-0.3, -0.25) is 0 Å². The Hall–Kier alpha value is -2.24. The van der Waals surface area contributed by atoms with Gasteiger partial charge in [0.2, 0.25) is 0 Å². The van der Waals surface area contributed by atoms with Gasteiger partial charge in [-0.2, -0.15) is 0 Å². The molecule has 0 heterocycles. The van der Waals surface area contributed by atoms with E-state index in [2.05, 4.69) is 47.8 Å². The van der Waals surface area contributed by atoms with Crippen molar-refractivity contribution >= 4 is 60.4 Å². The van der Waals surface area contributed by atoms with Crippen molar-refractivity contribution < 1.29 is 28.3 Å². The van der Waals surface area contributed by atoms with Crippen molar-refractivity contribution in [2.45, 2.75) is 13.8 Å². The minimum absolute atomic E-state index is 0.0949. The normalized spacial score (nSPS) is 9.97. The molecule has 4 aromatic carbocycles. The summed E-state index contributed by atoms with van der Waals surface area (Å²) in [4.78, 5) is 0. The standard InChI is InChI=1S/C14H12BrFO.C8H8Br2O.C6H6BFO2/c1-9-7-11(14(17-2)12(15)8-9)10-5-3-4-6-13(10)16;1-5-3-6(9)8(11-2)7(10)4-5;8-6-4-2-1-3-5(6)7(9)10/h3-8H,1-2H3;3-4H,1-2H3;1-4,9-10H. The molecule has 2 N–H and O–H groups in total. The molecule has 0 saturated heterocycles. The molecule has 0 aliphatic heterocycles. The molecule has 4 nitrogen and oxygen atoms in total. The fourth-order valence-corrected chi connectivity index (χ4v) is 5.86. The molecule has 0 aliphatic rings. The van der Waals surface area contributed by atoms with Crippen LogP contribution in [0.3, 0.4) is 0 Å². The number of ether oxygens (including phenoxy) is 2. The average Bonchev–Trinajstić information content (AvgIpc) is 2.84. The van der Waals surface area contributed by atoms with E-state index in [0.29, 0.717) is 11.3 Å². The Balaban J connectivity index is 0.000000211. The zero-order chi connectivity index (χ0) is 28.4. The van der Waals surface area contributed by atoms with E-state index in [1.165, 1.54) is 35.9 Å². The Morgan fingerprint density at radius 3 is 1.53 bits per heavy atom. The second-order valence-corrected chi connectivity index (χ2v) is 10.5. The zero-order valence-electron chi connectivity index (χ0n) is 21.1. The van der Waals surface area contributed by atoms with Crippen LogP contribution in [0.15, 0.2) is 86.2 Å². The van der Waals surface area contributed by atoms with Gasteiger partial charge < -0.3 is 19.5 Å². The molecule has 0 fully saturated rings. The highest BCUT2D eigenvalue weighted by Crippen LogP contribution is 2.38. The molecule has 0 radical (unpaired) electrons. The molecule has 38 heavy (non-hydrogen) atoms. The molecule has 0 unspecified atom stereocenters. The first-order valence-corrected chi connectivity index (χ1v) is 13.6. The van der Waals surface area contributed by atoms with Crippen molar-refractivity contribution in [3.8, 4) is 22.6 Å². The summed E-state index contributed by atoms with van der Waals surface area (Å²) in [5.74, 6) is 0.650. The summed E-state index contributed by atoms with van der Waals surface area (Å²) < 4.78 is 39.6. The van der Waals surface area contributed by atoms with Crippen LogP contribution in [-0.2, 0) is 0 Å². The Morgan fingerprint density at radius 1 is 0.632 bits per heavy atom. The van der Waals surface area contributed by atoms with Crippen LogP contribution in [-0.4, -0.2) is 31.4 Å². The number of benzene rings is 4. The molecule has 0 aromatic heterocycles. The highest BCUT2D eigenvalue weighted by Gasteiger charge is 2.15. The summed E-state index contributed by atoms with van der Waals surface area (Å²) >= 11 is 10.2. The summed E-state index contributed by atoms with van der Waals surface area (Å²) in [6.45, 7) is 4.00. The molecule has 4 aromatic rings. The van der Waals surface area contributed by atoms with Crippen LogP contribution in [0.4, 0.5) is 8.78 Å². The van der Waals surface area contributed by atoms with Crippen molar-refractivity contribution in [2.24, 2.45) is 0 Å². The van der Waals surface area contributed by atoms with E-state index in [9.17, 15) is 8.78 Å². The van der Waals surface area contributed by atoms with Crippen molar-refractivity contribution in [2.75, 3.05) is 14.2 Å². The van der Waals surface area contributed by atoms with E-state index in [0.717, 1.165) is 30.3 Å². The Kier molecular flexibility index (Phi) is 12.9. The van der Waals surface area contributed by atoms with Crippen LogP contribution < -0.4 is 14.9 Å². The number of rotatable bonds is 4. The first-order valence-electron chi connectivity index (χ1n) is 11.2. The van der Waals surface area contributed by atoms with Crippen LogP contribution in [0.2, 0.25) is 0 Å². The van der Waals surface area contributed by atoms with Crippen LogP contribution in [0, 0.1) is 25.5 Å². The highest BCUT2D eigenvalue weighted by atomic mass is 79.9. The maximum absolute atomic E-state index is 13.8. The minimum Gasteiger partial charge on any atom is -0.495 e. The van der Waals surface area contributed by atoms with E-state index in [4.69, 9.17) is 19.5 Å². The van der Waals surface area contributed by atoms with Gasteiger partial charge in [0.05, 0.1) is 27.6 Å². The van der Waals surface area contributed by atoms with E-state index in [1.54, 1.807) is 26.4 Å². The lowest BCUT2D eigenvalue weighted by molar-refractivity contribution is 0.409. The van der Waals surface area contributed by atoms with E-state index in [-0.39, 0.29) is 11.3 Å². The van der Waals surface area contributed by atoms with E-state index < -0.39 is 12.9 Å².